The Morgan fingerprint density at radius 2 is 2.14 bits per heavy atom. The summed E-state index contributed by atoms with van der Waals surface area (Å²) in [6.45, 7) is 3.65. The third-order valence-electron chi connectivity index (χ3n) is 2.35. The zero-order valence-corrected chi connectivity index (χ0v) is 8.55. The molecule has 3 heteroatoms. The molecule has 0 aliphatic heterocycles. The molecule has 0 saturated carbocycles. The number of hydrogen-bond acceptors (Lipinski definition) is 2. The van der Waals surface area contributed by atoms with E-state index in [0.717, 1.165) is 6.42 Å². The molecular weight excluding hydrogens is 181 g/mol. The number of aryl methyl sites for hydroxylation is 1. The van der Waals surface area contributed by atoms with Crippen LogP contribution in [-0.4, -0.2) is 11.1 Å². The van der Waals surface area contributed by atoms with E-state index in [0.29, 0.717) is 17.5 Å². The molecule has 0 heterocycles. The summed E-state index contributed by atoms with van der Waals surface area (Å²) < 4.78 is 13.0. The van der Waals surface area contributed by atoms with E-state index in [1.54, 1.807) is 6.92 Å². The van der Waals surface area contributed by atoms with Crippen molar-refractivity contribution >= 4 is 0 Å². The summed E-state index contributed by atoms with van der Waals surface area (Å²) in [6, 6.07) is 2.64. The second-order valence-corrected chi connectivity index (χ2v) is 3.60. The van der Waals surface area contributed by atoms with Gasteiger partial charge in [-0.15, -0.1) is 0 Å². The largest absolute Gasteiger partial charge is 0.507 e. The molecule has 1 aromatic carbocycles. The first-order valence-electron chi connectivity index (χ1n) is 4.78. The van der Waals surface area contributed by atoms with Gasteiger partial charge < -0.3 is 10.8 Å². The lowest BCUT2D eigenvalue weighted by molar-refractivity contribution is 0.456. The van der Waals surface area contributed by atoms with Crippen LogP contribution in [0, 0.1) is 12.7 Å². The van der Waals surface area contributed by atoms with Gasteiger partial charge >= 0.3 is 0 Å². The fraction of sp³-hybridized carbons (Fsp3) is 0.455. The van der Waals surface area contributed by atoms with Crippen molar-refractivity contribution in [1.82, 2.24) is 0 Å². The van der Waals surface area contributed by atoms with Crippen LogP contribution < -0.4 is 5.73 Å². The minimum absolute atomic E-state index is 0.0258. The molecule has 14 heavy (non-hydrogen) atoms. The Balaban J connectivity index is 2.96. The summed E-state index contributed by atoms with van der Waals surface area (Å²) in [4.78, 5) is 0. The van der Waals surface area contributed by atoms with Crippen LogP contribution >= 0.6 is 0 Å². The van der Waals surface area contributed by atoms with Gasteiger partial charge in [0.05, 0.1) is 0 Å². The van der Waals surface area contributed by atoms with Crippen LogP contribution in [0.5, 0.6) is 5.75 Å². The van der Waals surface area contributed by atoms with E-state index in [1.165, 1.54) is 12.1 Å². The topological polar surface area (TPSA) is 46.2 Å². The van der Waals surface area contributed by atoms with Gasteiger partial charge in [-0.3, -0.25) is 0 Å². The molecule has 1 unspecified atom stereocenters. The minimum atomic E-state index is -0.321. The highest BCUT2D eigenvalue weighted by atomic mass is 19.1. The number of nitrogens with two attached hydrogens (primary N) is 1. The van der Waals surface area contributed by atoms with Crippen LogP contribution in [0.25, 0.3) is 0 Å². The zero-order chi connectivity index (χ0) is 10.7. The van der Waals surface area contributed by atoms with E-state index in [-0.39, 0.29) is 17.6 Å². The van der Waals surface area contributed by atoms with Crippen molar-refractivity contribution in [2.24, 2.45) is 5.73 Å². The first-order valence-corrected chi connectivity index (χ1v) is 4.78. The highest BCUT2D eigenvalue weighted by molar-refractivity contribution is 5.40. The van der Waals surface area contributed by atoms with Gasteiger partial charge in [0.1, 0.15) is 11.6 Å². The fourth-order valence-electron chi connectivity index (χ4n) is 1.39. The van der Waals surface area contributed by atoms with Gasteiger partial charge in [0.25, 0.3) is 0 Å². The number of phenolic OH excluding ortho intramolecular Hbond substituents is 1. The van der Waals surface area contributed by atoms with Crippen molar-refractivity contribution < 1.29 is 9.50 Å². The summed E-state index contributed by atoms with van der Waals surface area (Å²) in [5.41, 5.74) is 6.89. The van der Waals surface area contributed by atoms with Gasteiger partial charge in [-0.05, 0) is 43.0 Å². The molecule has 0 aliphatic rings. The zero-order valence-electron chi connectivity index (χ0n) is 8.55. The standard InChI is InChI=1S/C11H16FNO/c1-3-10(13)6-8-5-9(12)4-7(2)11(8)14/h4-5,10,14H,3,6,13H2,1-2H3. The Labute approximate surface area is 83.6 Å². The lowest BCUT2D eigenvalue weighted by Gasteiger charge is -2.11. The van der Waals surface area contributed by atoms with E-state index < -0.39 is 0 Å². The van der Waals surface area contributed by atoms with E-state index in [1.807, 2.05) is 6.92 Å². The number of halogens is 1. The molecule has 78 valence electrons. The fourth-order valence-corrected chi connectivity index (χ4v) is 1.39. The molecule has 1 atom stereocenters. The second-order valence-electron chi connectivity index (χ2n) is 3.60. The molecule has 0 spiro atoms. The molecule has 0 bridgehead atoms. The third-order valence-corrected chi connectivity index (χ3v) is 2.35. The van der Waals surface area contributed by atoms with Gasteiger partial charge in [0.15, 0.2) is 0 Å². The number of benzene rings is 1. The number of rotatable bonds is 3. The molecular formula is C11H16FNO. The molecule has 0 fully saturated rings. The number of phenols is 1. The smallest absolute Gasteiger partial charge is 0.124 e. The summed E-state index contributed by atoms with van der Waals surface area (Å²) in [5, 5.41) is 9.64. The lowest BCUT2D eigenvalue weighted by Crippen LogP contribution is -2.21. The van der Waals surface area contributed by atoms with E-state index in [4.69, 9.17) is 5.73 Å². The monoisotopic (exact) mass is 197 g/mol. The SMILES string of the molecule is CCC(N)Cc1cc(F)cc(C)c1O. The first kappa shape index (κ1) is 11.0. The maximum atomic E-state index is 13.0. The van der Waals surface area contributed by atoms with E-state index >= 15 is 0 Å². The van der Waals surface area contributed by atoms with Crippen LogP contribution in [0.1, 0.15) is 24.5 Å². The first-order chi connectivity index (χ1) is 6.54. The maximum absolute atomic E-state index is 13.0. The van der Waals surface area contributed by atoms with Crippen molar-refractivity contribution in [2.45, 2.75) is 32.7 Å². The van der Waals surface area contributed by atoms with Crippen molar-refractivity contribution in [2.75, 3.05) is 0 Å². The van der Waals surface area contributed by atoms with Crippen LogP contribution in [0.2, 0.25) is 0 Å². The summed E-state index contributed by atoms with van der Waals surface area (Å²) in [6.07, 6.45) is 1.33. The van der Waals surface area contributed by atoms with Gasteiger partial charge in [-0.1, -0.05) is 6.92 Å². The van der Waals surface area contributed by atoms with Crippen molar-refractivity contribution in [3.8, 4) is 5.75 Å². The molecule has 3 N–H and O–H groups in total. The molecule has 1 rings (SSSR count). The second kappa shape index (κ2) is 4.42. The Morgan fingerprint density at radius 1 is 1.50 bits per heavy atom. The summed E-state index contributed by atoms with van der Waals surface area (Å²) >= 11 is 0. The molecule has 0 aliphatic carbocycles. The predicted octanol–water partition coefficient (Wildman–Crippen LogP) is 2.12. The highest BCUT2D eigenvalue weighted by Crippen LogP contribution is 2.24. The van der Waals surface area contributed by atoms with Gasteiger partial charge in [-0.25, -0.2) is 4.39 Å². The highest BCUT2D eigenvalue weighted by Gasteiger charge is 2.09. The Hall–Kier alpha value is -1.09. The minimum Gasteiger partial charge on any atom is -0.507 e. The molecule has 0 aromatic heterocycles. The summed E-state index contributed by atoms with van der Waals surface area (Å²) in [5.74, 6) is -0.158. The quantitative estimate of drug-likeness (QED) is 0.779. The molecule has 0 amide bonds. The molecule has 0 radical (unpaired) electrons. The van der Waals surface area contributed by atoms with Crippen molar-refractivity contribution in [3.63, 3.8) is 0 Å². The molecule has 2 nitrogen and oxygen atoms in total. The van der Waals surface area contributed by atoms with Crippen LogP contribution in [0.4, 0.5) is 4.39 Å². The molecule has 0 saturated heterocycles. The van der Waals surface area contributed by atoms with Crippen LogP contribution in [0.15, 0.2) is 12.1 Å². The van der Waals surface area contributed by atoms with Crippen LogP contribution in [0.3, 0.4) is 0 Å². The number of aromatic hydroxyl groups is 1. The van der Waals surface area contributed by atoms with Gasteiger partial charge in [-0.2, -0.15) is 0 Å². The third kappa shape index (κ3) is 2.45. The Bertz CT molecular complexity index is 325. The van der Waals surface area contributed by atoms with Gasteiger partial charge in [0.2, 0.25) is 0 Å². The normalized spacial score (nSPS) is 12.9. The predicted molar refractivity (Wildman–Crippen MR) is 54.8 cm³/mol. The van der Waals surface area contributed by atoms with Gasteiger partial charge in [0, 0.05) is 6.04 Å². The Morgan fingerprint density at radius 3 is 2.71 bits per heavy atom. The maximum Gasteiger partial charge on any atom is 0.124 e. The average molecular weight is 197 g/mol. The van der Waals surface area contributed by atoms with Crippen molar-refractivity contribution in [1.29, 1.82) is 0 Å². The Kier molecular flexibility index (Phi) is 3.47. The van der Waals surface area contributed by atoms with E-state index in [9.17, 15) is 9.50 Å². The average Bonchev–Trinajstić information content (AvgIpc) is 2.13. The summed E-state index contributed by atoms with van der Waals surface area (Å²) in [7, 11) is 0. The van der Waals surface area contributed by atoms with Crippen LogP contribution in [-0.2, 0) is 6.42 Å². The van der Waals surface area contributed by atoms with E-state index in [2.05, 4.69) is 0 Å². The lowest BCUT2D eigenvalue weighted by atomic mass is 10.0. The number of hydrogen-bond donors (Lipinski definition) is 2. The van der Waals surface area contributed by atoms with Crippen molar-refractivity contribution in [3.05, 3.63) is 29.1 Å². The molecule has 1 aromatic rings.